The molecular weight excluding hydrogens is 389 g/mol. The van der Waals surface area contributed by atoms with Crippen molar-refractivity contribution >= 4 is 12.0 Å². The van der Waals surface area contributed by atoms with Gasteiger partial charge in [-0.15, -0.1) is 13.2 Å². The van der Waals surface area contributed by atoms with Gasteiger partial charge < -0.3 is 19.7 Å². The Hall–Kier alpha value is -2.45. The first-order chi connectivity index (χ1) is 13.6. The van der Waals surface area contributed by atoms with Crippen molar-refractivity contribution in [2.75, 3.05) is 19.7 Å². The number of alkyl halides is 3. The molecule has 2 heterocycles. The molecule has 6 nitrogen and oxygen atoms in total. The minimum atomic E-state index is -4.70. The molecule has 0 bridgehead atoms. The summed E-state index contributed by atoms with van der Waals surface area (Å²) < 4.78 is 46.2. The molecule has 1 N–H and O–H groups in total. The van der Waals surface area contributed by atoms with E-state index in [-0.39, 0.29) is 29.0 Å². The van der Waals surface area contributed by atoms with Crippen LogP contribution in [0, 0.1) is 12.8 Å². The summed E-state index contributed by atoms with van der Waals surface area (Å²) in [5, 5.41) is 2.79. The number of halogens is 3. The highest BCUT2D eigenvalue weighted by Crippen LogP contribution is 2.42. The summed E-state index contributed by atoms with van der Waals surface area (Å²) in [7, 11) is 0. The van der Waals surface area contributed by atoms with E-state index in [1.807, 2.05) is 4.90 Å². The van der Waals surface area contributed by atoms with E-state index in [1.54, 1.807) is 19.1 Å². The van der Waals surface area contributed by atoms with Gasteiger partial charge in [-0.1, -0.05) is 12.1 Å². The first-order valence-corrected chi connectivity index (χ1v) is 9.74. The number of amides is 2. The van der Waals surface area contributed by atoms with Crippen LogP contribution in [0.5, 0.6) is 5.75 Å². The van der Waals surface area contributed by atoms with Crippen molar-refractivity contribution in [3.63, 3.8) is 0 Å². The van der Waals surface area contributed by atoms with Crippen LogP contribution in [0.2, 0.25) is 0 Å². The molecule has 0 radical (unpaired) electrons. The molecule has 158 valence electrons. The Morgan fingerprint density at radius 2 is 1.97 bits per heavy atom. The molecule has 0 aromatic heterocycles. The van der Waals surface area contributed by atoms with Crippen molar-refractivity contribution in [1.29, 1.82) is 0 Å². The molecule has 3 aliphatic rings. The molecular formula is C20H23F3N2O4. The summed E-state index contributed by atoms with van der Waals surface area (Å²) in [6.07, 6.45) is -2.37. The lowest BCUT2D eigenvalue weighted by Crippen LogP contribution is -2.58. The van der Waals surface area contributed by atoms with E-state index < -0.39 is 12.5 Å². The Morgan fingerprint density at radius 1 is 1.28 bits per heavy atom. The molecule has 1 saturated carbocycles. The first-order valence-electron chi connectivity index (χ1n) is 9.74. The molecule has 2 saturated heterocycles. The molecule has 0 atom stereocenters. The number of carbonyl (C=O) groups excluding carboxylic acids is 2. The normalized spacial score (nSPS) is 27.4. The Bertz CT molecular complexity index is 812. The van der Waals surface area contributed by atoms with Crippen LogP contribution in [0.1, 0.15) is 42.7 Å². The summed E-state index contributed by atoms with van der Waals surface area (Å²) >= 11 is 0. The van der Waals surface area contributed by atoms with Crippen LogP contribution in [-0.2, 0) is 9.53 Å². The third-order valence-corrected chi connectivity index (χ3v) is 6.17. The SMILES string of the molecule is Cc1cc(C2CCN(C(=O)C3CC4(COC(=O)N4)C3)CC2)ccc1OC(F)(F)F. The summed E-state index contributed by atoms with van der Waals surface area (Å²) in [5.41, 5.74) is 1.05. The number of carbonyl (C=O) groups is 2. The minimum absolute atomic E-state index is 0.0883. The second-order valence-corrected chi connectivity index (χ2v) is 8.26. The Morgan fingerprint density at radius 3 is 2.52 bits per heavy atom. The summed E-state index contributed by atoms with van der Waals surface area (Å²) in [4.78, 5) is 25.8. The summed E-state index contributed by atoms with van der Waals surface area (Å²) in [6, 6.07) is 4.78. The van der Waals surface area contributed by atoms with Gasteiger partial charge in [-0.2, -0.15) is 0 Å². The molecule has 0 unspecified atom stereocenters. The largest absolute Gasteiger partial charge is 0.573 e. The first kappa shape index (κ1) is 19.8. The summed E-state index contributed by atoms with van der Waals surface area (Å²) in [5.74, 6) is 0.0404. The smallest absolute Gasteiger partial charge is 0.447 e. The van der Waals surface area contributed by atoms with Crippen molar-refractivity contribution in [3.05, 3.63) is 29.3 Å². The number of ether oxygens (including phenoxy) is 2. The number of rotatable bonds is 3. The molecule has 29 heavy (non-hydrogen) atoms. The van der Waals surface area contributed by atoms with E-state index in [1.165, 1.54) is 6.07 Å². The maximum atomic E-state index is 12.7. The number of cyclic esters (lactones) is 1. The van der Waals surface area contributed by atoms with Gasteiger partial charge in [0.2, 0.25) is 5.91 Å². The van der Waals surface area contributed by atoms with Gasteiger partial charge in [0.1, 0.15) is 12.4 Å². The van der Waals surface area contributed by atoms with E-state index in [2.05, 4.69) is 10.1 Å². The quantitative estimate of drug-likeness (QED) is 0.825. The fraction of sp³-hybridized carbons (Fsp3) is 0.600. The molecule has 4 rings (SSSR count). The highest BCUT2D eigenvalue weighted by molar-refractivity contribution is 5.81. The fourth-order valence-corrected chi connectivity index (χ4v) is 4.63. The van der Waals surface area contributed by atoms with Crippen LogP contribution in [0.3, 0.4) is 0 Å². The number of benzene rings is 1. The van der Waals surface area contributed by atoms with Gasteiger partial charge in [-0.3, -0.25) is 4.79 Å². The molecule has 2 aliphatic heterocycles. The Balaban J connectivity index is 1.30. The van der Waals surface area contributed by atoms with Gasteiger partial charge in [-0.25, -0.2) is 4.79 Å². The van der Waals surface area contributed by atoms with Gasteiger partial charge in [0, 0.05) is 19.0 Å². The van der Waals surface area contributed by atoms with E-state index in [9.17, 15) is 22.8 Å². The number of alkyl carbamates (subject to hydrolysis) is 1. The maximum Gasteiger partial charge on any atom is 0.573 e. The highest BCUT2D eigenvalue weighted by Gasteiger charge is 2.53. The van der Waals surface area contributed by atoms with Gasteiger partial charge in [0.15, 0.2) is 0 Å². The fourth-order valence-electron chi connectivity index (χ4n) is 4.63. The average molecular weight is 412 g/mol. The second kappa shape index (κ2) is 7.11. The van der Waals surface area contributed by atoms with Crippen LogP contribution in [0.15, 0.2) is 18.2 Å². The van der Waals surface area contributed by atoms with Crippen LogP contribution >= 0.6 is 0 Å². The summed E-state index contributed by atoms with van der Waals surface area (Å²) in [6.45, 7) is 3.16. The lowest BCUT2D eigenvalue weighted by atomic mass is 9.68. The van der Waals surface area contributed by atoms with Crippen molar-refractivity contribution in [2.24, 2.45) is 5.92 Å². The number of likely N-dealkylation sites (tertiary alicyclic amines) is 1. The van der Waals surface area contributed by atoms with Crippen molar-refractivity contribution in [3.8, 4) is 5.75 Å². The van der Waals surface area contributed by atoms with Crippen LogP contribution in [0.4, 0.5) is 18.0 Å². The van der Waals surface area contributed by atoms with Gasteiger partial charge in [0.05, 0.1) is 5.54 Å². The standard InChI is InChI=1S/C20H23F3N2O4/c1-12-8-14(2-3-16(12)29-20(21,22)23)13-4-6-25(7-5-13)17(26)15-9-19(10-15)11-28-18(27)24-19/h2-3,8,13,15H,4-7,9-11H2,1H3,(H,24,27). The average Bonchev–Trinajstić information content (AvgIpc) is 3.03. The highest BCUT2D eigenvalue weighted by atomic mass is 19.4. The van der Waals surface area contributed by atoms with Gasteiger partial charge >= 0.3 is 12.5 Å². The second-order valence-electron chi connectivity index (χ2n) is 8.26. The third kappa shape index (κ3) is 4.13. The topological polar surface area (TPSA) is 67.9 Å². The Kier molecular flexibility index (Phi) is 4.86. The van der Waals surface area contributed by atoms with Crippen molar-refractivity contribution < 1.29 is 32.2 Å². The molecule has 1 spiro atoms. The zero-order chi connectivity index (χ0) is 20.8. The predicted molar refractivity (Wildman–Crippen MR) is 96.4 cm³/mol. The van der Waals surface area contributed by atoms with Crippen LogP contribution < -0.4 is 10.1 Å². The minimum Gasteiger partial charge on any atom is -0.447 e. The monoisotopic (exact) mass is 412 g/mol. The van der Waals surface area contributed by atoms with Crippen LogP contribution in [0.25, 0.3) is 0 Å². The molecule has 1 aromatic carbocycles. The number of hydrogen-bond donors (Lipinski definition) is 1. The zero-order valence-electron chi connectivity index (χ0n) is 16.1. The number of nitrogens with zero attached hydrogens (tertiary/aromatic N) is 1. The zero-order valence-corrected chi connectivity index (χ0v) is 16.1. The number of piperidine rings is 1. The van der Waals surface area contributed by atoms with E-state index in [0.29, 0.717) is 38.1 Å². The molecule has 9 heteroatoms. The number of nitrogens with one attached hydrogen (secondary N) is 1. The lowest BCUT2D eigenvalue weighted by molar-refractivity contribution is -0.274. The molecule has 2 amide bonds. The van der Waals surface area contributed by atoms with Crippen LogP contribution in [-0.4, -0.2) is 48.5 Å². The molecule has 1 aromatic rings. The molecule has 3 fully saturated rings. The number of hydrogen-bond acceptors (Lipinski definition) is 4. The predicted octanol–water partition coefficient (Wildman–Crippen LogP) is 3.49. The van der Waals surface area contributed by atoms with E-state index in [0.717, 1.165) is 18.4 Å². The maximum absolute atomic E-state index is 12.7. The van der Waals surface area contributed by atoms with E-state index >= 15 is 0 Å². The van der Waals surface area contributed by atoms with Gasteiger partial charge in [0.25, 0.3) is 0 Å². The number of aryl methyl sites for hydroxylation is 1. The lowest BCUT2D eigenvalue weighted by Gasteiger charge is -2.45. The van der Waals surface area contributed by atoms with E-state index in [4.69, 9.17) is 4.74 Å². The van der Waals surface area contributed by atoms with Gasteiger partial charge in [-0.05, 0) is 55.7 Å². The van der Waals surface area contributed by atoms with Crippen molar-refractivity contribution in [1.82, 2.24) is 10.2 Å². The third-order valence-electron chi connectivity index (χ3n) is 6.17. The molecule has 1 aliphatic carbocycles. The van der Waals surface area contributed by atoms with Crippen molar-refractivity contribution in [2.45, 2.75) is 50.4 Å². The Labute approximate surface area is 166 Å².